The molecule has 74 valence electrons. The fraction of sp³-hybridized carbons (Fsp3) is 0.300. The Hall–Kier alpha value is -0.800. The summed E-state index contributed by atoms with van der Waals surface area (Å²) in [6.07, 6.45) is 3.52. The highest BCUT2D eigenvalue weighted by Crippen LogP contribution is 2.33. The second kappa shape index (κ2) is 3.75. The molecule has 0 bridgehead atoms. The first kappa shape index (κ1) is 9.74. The van der Waals surface area contributed by atoms with Crippen LogP contribution < -0.4 is 5.32 Å². The van der Waals surface area contributed by atoms with E-state index in [1.165, 1.54) is 0 Å². The number of thiophene rings is 1. The highest BCUT2D eigenvalue weighted by atomic mass is 35.5. The summed E-state index contributed by atoms with van der Waals surface area (Å²) in [7, 11) is 0. The monoisotopic (exact) mass is 226 g/mol. The normalized spacial score (nSPS) is 11.1. The molecule has 2 heterocycles. The molecule has 2 nitrogen and oxygen atoms in total. The Morgan fingerprint density at radius 2 is 2.21 bits per heavy atom. The average molecular weight is 227 g/mol. The van der Waals surface area contributed by atoms with Gasteiger partial charge >= 0.3 is 0 Å². The Bertz CT molecular complexity index is 450. The number of hydrogen-bond donors (Lipinski definition) is 1. The molecular formula is C10H11ClN2S. The summed E-state index contributed by atoms with van der Waals surface area (Å²) >= 11 is 7.71. The maximum atomic E-state index is 6.02. The lowest BCUT2D eigenvalue weighted by Crippen LogP contribution is -2.07. The van der Waals surface area contributed by atoms with Gasteiger partial charge in [-0.2, -0.15) is 0 Å². The summed E-state index contributed by atoms with van der Waals surface area (Å²) in [4.78, 5) is 4.06. The third kappa shape index (κ3) is 1.83. The second-order valence-electron chi connectivity index (χ2n) is 3.44. The number of nitrogens with one attached hydrogen (secondary N) is 1. The van der Waals surface area contributed by atoms with Gasteiger partial charge < -0.3 is 5.32 Å². The van der Waals surface area contributed by atoms with Gasteiger partial charge in [-0.15, -0.1) is 11.3 Å². The van der Waals surface area contributed by atoms with Crippen LogP contribution in [0.5, 0.6) is 0 Å². The minimum atomic E-state index is 0.440. The van der Waals surface area contributed by atoms with E-state index >= 15 is 0 Å². The molecular weight excluding hydrogens is 216 g/mol. The van der Waals surface area contributed by atoms with E-state index in [4.69, 9.17) is 11.6 Å². The molecule has 0 radical (unpaired) electrons. The van der Waals surface area contributed by atoms with Crippen LogP contribution in [0.2, 0.25) is 5.02 Å². The predicted molar refractivity (Wildman–Crippen MR) is 63.4 cm³/mol. The minimum Gasteiger partial charge on any atom is -0.375 e. The van der Waals surface area contributed by atoms with Crippen LogP contribution >= 0.6 is 22.9 Å². The minimum absolute atomic E-state index is 0.440. The Kier molecular flexibility index (Phi) is 2.61. The van der Waals surface area contributed by atoms with Gasteiger partial charge in [-0.1, -0.05) is 11.6 Å². The van der Waals surface area contributed by atoms with Crippen molar-refractivity contribution < 1.29 is 0 Å². The first-order chi connectivity index (χ1) is 6.66. The topological polar surface area (TPSA) is 24.9 Å². The van der Waals surface area contributed by atoms with E-state index in [0.717, 1.165) is 20.1 Å². The number of rotatable bonds is 2. The zero-order chi connectivity index (χ0) is 10.1. The van der Waals surface area contributed by atoms with Crippen LogP contribution in [-0.2, 0) is 0 Å². The van der Waals surface area contributed by atoms with E-state index in [1.807, 2.05) is 6.20 Å². The molecule has 0 fully saturated rings. The summed E-state index contributed by atoms with van der Waals surface area (Å²) < 4.78 is 1.13. The molecule has 4 heteroatoms. The average Bonchev–Trinajstić information content (AvgIpc) is 2.47. The molecule has 0 spiro atoms. The lowest BCUT2D eigenvalue weighted by Gasteiger charge is -2.05. The van der Waals surface area contributed by atoms with E-state index in [9.17, 15) is 0 Å². The van der Waals surface area contributed by atoms with Crippen LogP contribution in [0.1, 0.15) is 13.8 Å². The summed E-state index contributed by atoms with van der Waals surface area (Å²) in [6.45, 7) is 4.23. The number of pyridine rings is 1. The molecule has 2 aromatic heterocycles. The Morgan fingerprint density at radius 1 is 1.43 bits per heavy atom. The quantitative estimate of drug-likeness (QED) is 0.843. The molecule has 0 amide bonds. The zero-order valence-electron chi connectivity index (χ0n) is 8.04. The first-order valence-corrected chi connectivity index (χ1v) is 5.66. The molecule has 14 heavy (non-hydrogen) atoms. The lowest BCUT2D eigenvalue weighted by molar-refractivity contribution is 0.905. The van der Waals surface area contributed by atoms with Crippen molar-refractivity contribution in [3.8, 4) is 0 Å². The van der Waals surface area contributed by atoms with Crippen molar-refractivity contribution in [3.63, 3.8) is 0 Å². The van der Waals surface area contributed by atoms with E-state index in [-0.39, 0.29) is 0 Å². The number of hydrogen-bond acceptors (Lipinski definition) is 3. The number of fused-ring (bicyclic) bond motifs is 1. The molecule has 1 N–H and O–H groups in total. The Labute approximate surface area is 91.9 Å². The van der Waals surface area contributed by atoms with E-state index in [2.05, 4.69) is 30.2 Å². The molecule has 0 aromatic carbocycles. The van der Waals surface area contributed by atoms with E-state index < -0.39 is 0 Å². The lowest BCUT2D eigenvalue weighted by atomic mass is 10.3. The van der Waals surface area contributed by atoms with Gasteiger partial charge in [0.1, 0.15) is 0 Å². The smallest absolute Gasteiger partial charge is 0.0898 e. The van der Waals surface area contributed by atoms with Crippen LogP contribution in [0.15, 0.2) is 18.5 Å². The van der Waals surface area contributed by atoms with Gasteiger partial charge in [0, 0.05) is 23.8 Å². The van der Waals surface area contributed by atoms with Crippen molar-refractivity contribution in [1.29, 1.82) is 0 Å². The summed E-state index contributed by atoms with van der Waals surface area (Å²) in [5, 5.41) is 6.29. The van der Waals surface area contributed by atoms with Crippen LogP contribution in [0.3, 0.4) is 0 Å². The molecule has 2 aromatic rings. The predicted octanol–water partition coefficient (Wildman–Crippen LogP) is 3.77. The Morgan fingerprint density at radius 3 is 2.86 bits per heavy atom. The van der Waals surface area contributed by atoms with Crippen LogP contribution in [-0.4, -0.2) is 11.0 Å². The second-order valence-corrected chi connectivity index (χ2v) is 4.93. The Balaban J connectivity index is 2.46. The maximum absolute atomic E-state index is 6.02. The largest absolute Gasteiger partial charge is 0.375 e. The van der Waals surface area contributed by atoms with Gasteiger partial charge in [-0.05, 0) is 19.9 Å². The molecule has 0 atom stereocenters. The van der Waals surface area contributed by atoms with Gasteiger partial charge in [0.15, 0.2) is 0 Å². The van der Waals surface area contributed by atoms with Crippen molar-refractivity contribution in [2.75, 3.05) is 5.32 Å². The van der Waals surface area contributed by atoms with Crippen molar-refractivity contribution >= 4 is 38.0 Å². The standard InChI is InChI=1S/C10H11ClN2S/c1-6(2)13-10-3-7-8(11)4-12-5-9(7)14-10/h3-6,13H,1-2H3. The van der Waals surface area contributed by atoms with Crippen LogP contribution in [0.4, 0.5) is 5.00 Å². The third-order valence-electron chi connectivity index (χ3n) is 1.83. The molecule has 0 aliphatic rings. The van der Waals surface area contributed by atoms with Gasteiger partial charge in [-0.25, -0.2) is 0 Å². The molecule has 0 unspecified atom stereocenters. The van der Waals surface area contributed by atoms with Crippen LogP contribution in [0.25, 0.3) is 10.1 Å². The highest BCUT2D eigenvalue weighted by molar-refractivity contribution is 7.22. The molecule has 0 saturated heterocycles. The molecule has 0 aliphatic carbocycles. The fourth-order valence-corrected chi connectivity index (χ4v) is 2.65. The highest BCUT2D eigenvalue weighted by Gasteiger charge is 2.05. The van der Waals surface area contributed by atoms with E-state index in [1.54, 1.807) is 17.5 Å². The maximum Gasteiger partial charge on any atom is 0.0898 e. The summed E-state index contributed by atoms with van der Waals surface area (Å²) in [5.74, 6) is 0. The van der Waals surface area contributed by atoms with Gasteiger partial charge in [-0.3, -0.25) is 4.98 Å². The van der Waals surface area contributed by atoms with Gasteiger partial charge in [0.05, 0.1) is 14.7 Å². The van der Waals surface area contributed by atoms with Crippen molar-refractivity contribution in [2.24, 2.45) is 0 Å². The zero-order valence-corrected chi connectivity index (χ0v) is 9.62. The number of halogens is 1. The molecule has 2 rings (SSSR count). The van der Waals surface area contributed by atoms with Crippen molar-refractivity contribution in [2.45, 2.75) is 19.9 Å². The summed E-state index contributed by atoms with van der Waals surface area (Å²) in [5.41, 5.74) is 0. The van der Waals surface area contributed by atoms with Gasteiger partial charge in [0.2, 0.25) is 0 Å². The van der Waals surface area contributed by atoms with Gasteiger partial charge in [0.25, 0.3) is 0 Å². The van der Waals surface area contributed by atoms with Crippen molar-refractivity contribution in [3.05, 3.63) is 23.5 Å². The SMILES string of the molecule is CC(C)Nc1cc2c(Cl)cncc2s1. The first-order valence-electron chi connectivity index (χ1n) is 4.46. The van der Waals surface area contributed by atoms with Crippen LogP contribution in [0, 0.1) is 0 Å². The third-order valence-corrected chi connectivity index (χ3v) is 3.13. The molecule has 0 saturated carbocycles. The number of aromatic nitrogens is 1. The number of nitrogens with zero attached hydrogens (tertiary/aromatic N) is 1. The van der Waals surface area contributed by atoms with Crippen molar-refractivity contribution in [1.82, 2.24) is 4.98 Å². The fourth-order valence-electron chi connectivity index (χ4n) is 1.28. The van der Waals surface area contributed by atoms with E-state index in [0.29, 0.717) is 6.04 Å². The number of anilines is 1. The molecule has 0 aliphatic heterocycles. The summed E-state index contributed by atoms with van der Waals surface area (Å²) in [6, 6.07) is 2.51.